The van der Waals surface area contributed by atoms with E-state index in [9.17, 15) is 28.1 Å². The third kappa shape index (κ3) is 8.51. The lowest BCUT2D eigenvalue weighted by Crippen LogP contribution is -2.51. The molecule has 4 rings (SSSR count). The van der Waals surface area contributed by atoms with Crippen molar-refractivity contribution in [1.82, 2.24) is 19.8 Å². The minimum absolute atomic E-state index is 0.0187. The first-order valence-corrected chi connectivity index (χ1v) is 16.0. The van der Waals surface area contributed by atoms with Crippen LogP contribution in [0.15, 0.2) is 53.4 Å². The van der Waals surface area contributed by atoms with Gasteiger partial charge in [0, 0.05) is 44.9 Å². The van der Waals surface area contributed by atoms with Crippen LogP contribution in [0.3, 0.4) is 0 Å². The maximum atomic E-state index is 13.8. The molecule has 2 heterocycles. The highest BCUT2D eigenvalue weighted by molar-refractivity contribution is 7.89. The molecule has 0 unspecified atom stereocenters. The quantitative estimate of drug-likeness (QED) is 0.136. The molecule has 0 aromatic heterocycles. The Bertz CT molecular complexity index is 1430. The van der Waals surface area contributed by atoms with Crippen molar-refractivity contribution in [3.8, 4) is 0 Å². The van der Waals surface area contributed by atoms with E-state index in [1.807, 2.05) is 0 Å². The third-order valence-electron chi connectivity index (χ3n) is 7.93. The van der Waals surface area contributed by atoms with Crippen molar-refractivity contribution in [3.05, 3.63) is 69.8 Å². The minimum atomic E-state index is -4.35. The number of piperidine rings is 1. The first kappa shape index (κ1) is 31.9. The summed E-state index contributed by atoms with van der Waals surface area (Å²) in [5, 5.41) is 21.7. The van der Waals surface area contributed by atoms with Crippen LogP contribution in [0.4, 0.5) is 5.69 Å². The van der Waals surface area contributed by atoms with E-state index < -0.39 is 26.9 Å². The van der Waals surface area contributed by atoms with Crippen LogP contribution in [-0.4, -0.2) is 79.7 Å². The summed E-state index contributed by atoms with van der Waals surface area (Å²) in [6.45, 7) is 2.52. The molecule has 2 aliphatic rings. The second-order valence-electron chi connectivity index (χ2n) is 11.1. The number of nitrogens with zero attached hydrogens (tertiary/aromatic N) is 3. The maximum Gasteiger partial charge on any atom is 0.269 e. The zero-order valence-electron chi connectivity index (χ0n) is 24.0. The van der Waals surface area contributed by atoms with E-state index in [1.54, 1.807) is 15.9 Å². The first-order valence-electron chi connectivity index (χ1n) is 14.6. The number of hydrogen-bond acceptors (Lipinski definition) is 7. The molecule has 2 saturated heterocycles. The number of benzene rings is 2. The fourth-order valence-electron chi connectivity index (χ4n) is 5.57. The van der Waals surface area contributed by atoms with E-state index in [0.29, 0.717) is 31.7 Å². The van der Waals surface area contributed by atoms with Crippen molar-refractivity contribution in [2.45, 2.75) is 55.9 Å². The Kier molecular flexibility index (Phi) is 10.7. The molecule has 0 radical (unpaired) electrons. The number of nitrogens with one attached hydrogen (secondary N) is 3. The van der Waals surface area contributed by atoms with Crippen molar-refractivity contribution in [1.29, 1.82) is 5.41 Å². The van der Waals surface area contributed by atoms with Gasteiger partial charge in [-0.05, 0) is 55.7 Å². The molecular formula is C29H39N7O6S. The lowest BCUT2D eigenvalue weighted by Gasteiger charge is -2.33. The molecule has 232 valence electrons. The Labute approximate surface area is 251 Å². The van der Waals surface area contributed by atoms with Gasteiger partial charge >= 0.3 is 0 Å². The number of sulfonamides is 1. The molecule has 2 atom stereocenters. The average molecular weight is 614 g/mol. The average Bonchev–Trinajstić information content (AvgIpc) is 3.29. The number of amides is 2. The smallest absolute Gasteiger partial charge is 0.269 e. The van der Waals surface area contributed by atoms with Gasteiger partial charge in [0.15, 0.2) is 5.96 Å². The third-order valence-corrected chi connectivity index (χ3v) is 9.46. The standard InChI is InChI=1S/C29H39N7O6S/c30-29(31)35-17-7-8-22(20-35)19-32-27(37)25(18-21-11-13-23(14-12-21)36(39)40)33-43(41,42)26-10-4-3-9-24(26)28(38)34-15-5-1-2-6-16-34/h3-4,9-14,22,25,33H,1-2,5-8,15-20H2,(H3,30,31)(H,32,37)/t22-,25-/m1/s1. The van der Waals surface area contributed by atoms with Gasteiger partial charge in [-0.3, -0.25) is 25.1 Å². The van der Waals surface area contributed by atoms with Crippen LogP contribution in [0.1, 0.15) is 54.4 Å². The van der Waals surface area contributed by atoms with Crippen LogP contribution >= 0.6 is 0 Å². The molecule has 43 heavy (non-hydrogen) atoms. The summed E-state index contributed by atoms with van der Waals surface area (Å²) < 4.78 is 30.1. The van der Waals surface area contributed by atoms with Crippen molar-refractivity contribution in [2.24, 2.45) is 11.7 Å². The van der Waals surface area contributed by atoms with Gasteiger partial charge in [0.25, 0.3) is 11.6 Å². The number of carbonyl (C=O) groups is 2. The van der Waals surface area contributed by atoms with Crippen molar-refractivity contribution < 1.29 is 22.9 Å². The fourth-order valence-corrected chi connectivity index (χ4v) is 6.96. The highest BCUT2D eigenvalue weighted by Gasteiger charge is 2.31. The molecule has 0 aliphatic carbocycles. The molecule has 0 saturated carbocycles. The van der Waals surface area contributed by atoms with Crippen LogP contribution < -0.4 is 15.8 Å². The number of likely N-dealkylation sites (tertiary alicyclic amines) is 2. The number of hydrogen-bond donors (Lipinski definition) is 4. The van der Waals surface area contributed by atoms with Gasteiger partial charge < -0.3 is 20.9 Å². The predicted octanol–water partition coefficient (Wildman–Crippen LogP) is 2.22. The summed E-state index contributed by atoms with van der Waals surface area (Å²) in [5.41, 5.74) is 6.07. The molecule has 0 spiro atoms. The second-order valence-corrected chi connectivity index (χ2v) is 12.8. The molecule has 2 aliphatic heterocycles. The van der Waals surface area contributed by atoms with E-state index >= 15 is 0 Å². The van der Waals surface area contributed by atoms with Crippen molar-refractivity contribution in [3.63, 3.8) is 0 Å². The van der Waals surface area contributed by atoms with Gasteiger partial charge in [0.1, 0.15) is 6.04 Å². The number of nitro groups is 1. The number of nitrogens with two attached hydrogens (primary N) is 1. The van der Waals surface area contributed by atoms with Gasteiger partial charge in [-0.2, -0.15) is 4.72 Å². The van der Waals surface area contributed by atoms with E-state index in [-0.39, 0.29) is 46.9 Å². The van der Waals surface area contributed by atoms with E-state index in [1.165, 1.54) is 42.5 Å². The Morgan fingerprint density at radius 2 is 1.65 bits per heavy atom. The summed E-state index contributed by atoms with van der Waals surface area (Å²) >= 11 is 0. The van der Waals surface area contributed by atoms with Crippen LogP contribution in [0.25, 0.3) is 0 Å². The highest BCUT2D eigenvalue weighted by atomic mass is 32.2. The van der Waals surface area contributed by atoms with Gasteiger partial charge in [0.05, 0.1) is 15.4 Å². The highest BCUT2D eigenvalue weighted by Crippen LogP contribution is 2.22. The summed E-state index contributed by atoms with van der Waals surface area (Å²) in [5.74, 6) is -0.955. The molecule has 2 fully saturated rings. The van der Waals surface area contributed by atoms with E-state index in [4.69, 9.17) is 11.1 Å². The predicted molar refractivity (Wildman–Crippen MR) is 161 cm³/mol. The molecule has 5 N–H and O–H groups in total. The lowest BCUT2D eigenvalue weighted by molar-refractivity contribution is -0.384. The van der Waals surface area contributed by atoms with Crippen LogP contribution in [0, 0.1) is 21.4 Å². The van der Waals surface area contributed by atoms with Crippen molar-refractivity contribution >= 4 is 33.5 Å². The second kappa shape index (κ2) is 14.4. The number of rotatable bonds is 10. The summed E-state index contributed by atoms with van der Waals surface area (Å²) in [6.07, 6.45) is 5.27. The molecule has 13 nitrogen and oxygen atoms in total. The zero-order chi connectivity index (χ0) is 31.0. The molecule has 14 heteroatoms. The minimum Gasteiger partial charge on any atom is -0.370 e. The number of non-ortho nitro benzene ring substituents is 1. The van der Waals surface area contributed by atoms with Gasteiger partial charge in [-0.25, -0.2) is 8.42 Å². The number of carbonyl (C=O) groups excluding carboxylic acids is 2. The largest absolute Gasteiger partial charge is 0.370 e. The lowest BCUT2D eigenvalue weighted by atomic mass is 9.98. The maximum absolute atomic E-state index is 13.8. The molecule has 2 aromatic rings. The monoisotopic (exact) mass is 613 g/mol. The van der Waals surface area contributed by atoms with Crippen LogP contribution in [-0.2, 0) is 21.2 Å². The van der Waals surface area contributed by atoms with E-state index in [0.717, 1.165) is 38.5 Å². The van der Waals surface area contributed by atoms with Gasteiger partial charge in [-0.1, -0.05) is 37.1 Å². The van der Waals surface area contributed by atoms with Crippen LogP contribution in [0.5, 0.6) is 0 Å². The number of guanidine groups is 1. The van der Waals surface area contributed by atoms with Crippen molar-refractivity contribution in [2.75, 3.05) is 32.7 Å². The zero-order valence-corrected chi connectivity index (χ0v) is 24.9. The molecule has 2 aromatic carbocycles. The van der Waals surface area contributed by atoms with E-state index in [2.05, 4.69) is 10.0 Å². The number of nitro benzene ring substituents is 1. The Morgan fingerprint density at radius 1 is 1.00 bits per heavy atom. The van der Waals surface area contributed by atoms with Gasteiger partial charge in [0.2, 0.25) is 15.9 Å². The fraction of sp³-hybridized carbons (Fsp3) is 0.483. The topological polar surface area (TPSA) is 192 Å². The summed E-state index contributed by atoms with van der Waals surface area (Å²) in [6, 6.07) is 10.3. The van der Waals surface area contributed by atoms with Gasteiger partial charge in [-0.15, -0.1) is 0 Å². The molecule has 2 amide bonds. The molecule has 0 bridgehead atoms. The Morgan fingerprint density at radius 3 is 2.30 bits per heavy atom. The summed E-state index contributed by atoms with van der Waals surface area (Å²) in [7, 11) is -4.35. The SMILES string of the molecule is N=C(N)N1CCC[C@H](CNC(=O)[C@@H](Cc2ccc([N+](=O)[O-])cc2)NS(=O)(=O)c2ccccc2C(=O)N2CCCCCC2)C1. The first-order chi connectivity index (χ1) is 20.5. The Hall–Kier alpha value is -4.04. The summed E-state index contributed by atoms with van der Waals surface area (Å²) in [4.78, 5) is 40.7. The molecular weight excluding hydrogens is 574 g/mol. The van der Waals surface area contributed by atoms with Crippen LogP contribution in [0.2, 0.25) is 0 Å². The Balaban J connectivity index is 1.56. The normalized spacial score (nSPS) is 18.4.